The second kappa shape index (κ2) is 4.10. The molecular formula is C13H11BrN4. The number of nitrogens with zero attached hydrogens (tertiary/aromatic N) is 3. The largest absolute Gasteiger partial charge is 0.398 e. The van der Waals surface area contributed by atoms with Gasteiger partial charge in [-0.15, -0.1) is 10.2 Å². The van der Waals surface area contributed by atoms with Crippen LogP contribution in [0.15, 0.2) is 41.0 Å². The van der Waals surface area contributed by atoms with Crippen LogP contribution in [0.4, 0.5) is 5.69 Å². The fourth-order valence-corrected chi connectivity index (χ4v) is 2.26. The zero-order valence-electron chi connectivity index (χ0n) is 9.76. The van der Waals surface area contributed by atoms with Crippen molar-refractivity contribution in [3.8, 4) is 11.4 Å². The van der Waals surface area contributed by atoms with Gasteiger partial charge in [0.05, 0.1) is 0 Å². The molecule has 3 aromatic rings. The lowest BCUT2D eigenvalue weighted by Gasteiger charge is -2.04. The number of rotatable bonds is 1. The fourth-order valence-electron chi connectivity index (χ4n) is 1.90. The summed E-state index contributed by atoms with van der Waals surface area (Å²) >= 11 is 3.44. The Labute approximate surface area is 113 Å². The van der Waals surface area contributed by atoms with Crippen LogP contribution >= 0.6 is 15.9 Å². The number of pyridine rings is 1. The molecule has 0 saturated carbocycles. The summed E-state index contributed by atoms with van der Waals surface area (Å²) in [4.78, 5) is 0. The van der Waals surface area contributed by atoms with Gasteiger partial charge in [-0.3, -0.25) is 4.40 Å². The second-order valence-corrected chi connectivity index (χ2v) is 5.10. The van der Waals surface area contributed by atoms with Gasteiger partial charge in [-0.05, 0) is 42.8 Å². The summed E-state index contributed by atoms with van der Waals surface area (Å²) in [5.41, 5.74) is 9.54. The first-order chi connectivity index (χ1) is 8.65. The highest BCUT2D eigenvalue weighted by Gasteiger charge is 2.11. The van der Waals surface area contributed by atoms with E-state index in [1.54, 1.807) is 0 Å². The Balaban J connectivity index is 2.28. The van der Waals surface area contributed by atoms with E-state index in [0.29, 0.717) is 5.69 Å². The third kappa shape index (κ3) is 1.76. The predicted octanol–water partition coefficient (Wildman–Crippen LogP) is 3.05. The molecule has 0 saturated heterocycles. The average molecular weight is 303 g/mol. The van der Waals surface area contributed by atoms with Gasteiger partial charge in [0.2, 0.25) is 0 Å². The lowest BCUT2D eigenvalue weighted by atomic mass is 10.1. The smallest absolute Gasteiger partial charge is 0.170 e. The lowest BCUT2D eigenvalue weighted by molar-refractivity contribution is 1.11. The van der Waals surface area contributed by atoms with E-state index in [-0.39, 0.29) is 0 Å². The third-order valence-corrected chi connectivity index (χ3v) is 3.31. The van der Waals surface area contributed by atoms with Gasteiger partial charge in [0.15, 0.2) is 11.5 Å². The number of hydrogen-bond donors (Lipinski definition) is 1. The minimum atomic E-state index is 0.688. The number of hydrogen-bond acceptors (Lipinski definition) is 3. The molecule has 90 valence electrons. The van der Waals surface area contributed by atoms with Crippen LogP contribution < -0.4 is 5.73 Å². The maximum absolute atomic E-state index is 6.00. The number of nitrogen functional groups attached to an aromatic ring is 1. The van der Waals surface area contributed by atoms with Gasteiger partial charge in [0, 0.05) is 21.9 Å². The molecule has 0 aliphatic rings. The molecule has 2 N–H and O–H groups in total. The fraction of sp³-hybridized carbons (Fsp3) is 0.0769. The van der Waals surface area contributed by atoms with Crippen LogP contribution in [-0.4, -0.2) is 14.6 Å². The topological polar surface area (TPSA) is 56.2 Å². The van der Waals surface area contributed by atoms with Crippen LogP contribution in [-0.2, 0) is 0 Å². The Bertz CT molecular complexity index is 733. The summed E-state index contributed by atoms with van der Waals surface area (Å²) in [6.07, 6.45) is 1.96. The molecule has 2 aromatic heterocycles. The monoisotopic (exact) mass is 302 g/mol. The van der Waals surface area contributed by atoms with E-state index in [0.717, 1.165) is 27.1 Å². The normalized spacial score (nSPS) is 11.0. The van der Waals surface area contributed by atoms with Crippen LogP contribution in [0.25, 0.3) is 17.0 Å². The molecule has 0 aliphatic carbocycles. The van der Waals surface area contributed by atoms with E-state index < -0.39 is 0 Å². The number of aromatic nitrogens is 3. The van der Waals surface area contributed by atoms with E-state index in [1.165, 1.54) is 0 Å². The Morgan fingerprint density at radius 1 is 1.17 bits per heavy atom. The zero-order valence-corrected chi connectivity index (χ0v) is 11.3. The number of halogens is 1. The quantitative estimate of drug-likeness (QED) is 0.703. The van der Waals surface area contributed by atoms with Gasteiger partial charge in [-0.25, -0.2) is 0 Å². The summed E-state index contributed by atoms with van der Waals surface area (Å²) in [7, 11) is 0. The Hall–Kier alpha value is -1.88. The molecule has 0 aliphatic heterocycles. The van der Waals surface area contributed by atoms with Crippen molar-refractivity contribution in [2.24, 2.45) is 0 Å². The first kappa shape index (κ1) is 11.2. The molecule has 0 radical (unpaired) electrons. The minimum Gasteiger partial charge on any atom is -0.398 e. The SMILES string of the molecule is Cc1ccn2c(-c3cc(Br)ccc3N)nnc2c1. The second-order valence-electron chi connectivity index (χ2n) is 4.19. The number of aryl methyl sites for hydroxylation is 1. The van der Waals surface area contributed by atoms with Gasteiger partial charge >= 0.3 is 0 Å². The summed E-state index contributed by atoms with van der Waals surface area (Å²) in [5.74, 6) is 0.754. The highest BCUT2D eigenvalue weighted by molar-refractivity contribution is 9.10. The van der Waals surface area contributed by atoms with Crippen molar-refractivity contribution in [3.63, 3.8) is 0 Å². The Morgan fingerprint density at radius 2 is 2.00 bits per heavy atom. The van der Waals surface area contributed by atoms with Crippen LogP contribution in [0.1, 0.15) is 5.56 Å². The molecule has 4 nitrogen and oxygen atoms in total. The van der Waals surface area contributed by atoms with Crippen molar-refractivity contribution < 1.29 is 0 Å². The minimum absolute atomic E-state index is 0.688. The number of nitrogens with two attached hydrogens (primary N) is 1. The van der Waals surface area contributed by atoms with E-state index in [9.17, 15) is 0 Å². The number of anilines is 1. The predicted molar refractivity (Wildman–Crippen MR) is 75.3 cm³/mol. The first-order valence-electron chi connectivity index (χ1n) is 5.52. The number of benzene rings is 1. The third-order valence-electron chi connectivity index (χ3n) is 2.82. The van der Waals surface area contributed by atoms with Gasteiger partial charge in [-0.1, -0.05) is 15.9 Å². The molecule has 2 heterocycles. The highest BCUT2D eigenvalue weighted by atomic mass is 79.9. The van der Waals surface area contributed by atoms with E-state index in [2.05, 4.69) is 26.1 Å². The summed E-state index contributed by atoms with van der Waals surface area (Å²) < 4.78 is 2.90. The lowest BCUT2D eigenvalue weighted by Crippen LogP contribution is -1.94. The molecule has 18 heavy (non-hydrogen) atoms. The summed E-state index contributed by atoms with van der Waals surface area (Å²) in [6, 6.07) is 9.73. The molecule has 0 bridgehead atoms. The van der Waals surface area contributed by atoms with E-state index in [1.807, 2.05) is 47.9 Å². The molecular weight excluding hydrogens is 292 g/mol. The van der Waals surface area contributed by atoms with Crippen LogP contribution in [0, 0.1) is 6.92 Å². The highest BCUT2D eigenvalue weighted by Crippen LogP contribution is 2.28. The molecule has 0 amide bonds. The Kier molecular flexibility index (Phi) is 2.56. The average Bonchev–Trinajstić information content (AvgIpc) is 2.75. The van der Waals surface area contributed by atoms with Crippen molar-refractivity contribution in [2.75, 3.05) is 5.73 Å². The van der Waals surface area contributed by atoms with Crippen LogP contribution in [0.2, 0.25) is 0 Å². The van der Waals surface area contributed by atoms with Gasteiger partial charge in [0.25, 0.3) is 0 Å². The molecule has 1 aromatic carbocycles. The van der Waals surface area contributed by atoms with E-state index >= 15 is 0 Å². The van der Waals surface area contributed by atoms with Crippen LogP contribution in [0.5, 0.6) is 0 Å². The van der Waals surface area contributed by atoms with Crippen LogP contribution in [0.3, 0.4) is 0 Å². The molecule has 0 unspecified atom stereocenters. The maximum Gasteiger partial charge on any atom is 0.170 e. The van der Waals surface area contributed by atoms with Crippen molar-refractivity contribution in [3.05, 3.63) is 46.6 Å². The number of fused-ring (bicyclic) bond motifs is 1. The van der Waals surface area contributed by atoms with Crippen molar-refractivity contribution >= 4 is 27.3 Å². The van der Waals surface area contributed by atoms with Gasteiger partial charge < -0.3 is 5.73 Å². The first-order valence-corrected chi connectivity index (χ1v) is 6.31. The van der Waals surface area contributed by atoms with Crippen molar-refractivity contribution in [2.45, 2.75) is 6.92 Å². The van der Waals surface area contributed by atoms with Crippen molar-refractivity contribution in [1.29, 1.82) is 0 Å². The molecule has 3 rings (SSSR count). The molecule has 5 heteroatoms. The standard InChI is InChI=1S/C13H11BrN4/c1-8-4-5-18-12(6-8)16-17-13(18)10-7-9(14)2-3-11(10)15/h2-7H,15H2,1H3. The maximum atomic E-state index is 6.00. The Morgan fingerprint density at radius 3 is 2.83 bits per heavy atom. The summed E-state index contributed by atoms with van der Waals surface area (Å²) in [5, 5.41) is 8.39. The van der Waals surface area contributed by atoms with E-state index in [4.69, 9.17) is 5.73 Å². The van der Waals surface area contributed by atoms with Gasteiger partial charge in [-0.2, -0.15) is 0 Å². The molecule has 0 atom stereocenters. The van der Waals surface area contributed by atoms with Crippen molar-refractivity contribution in [1.82, 2.24) is 14.6 Å². The molecule has 0 fully saturated rings. The molecule has 0 spiro atoms. The summed E-state index contributed by atoms with van der Waals surface area (Å²) in [6.45, 7) is 2.03. The zero-order chi connectivity index (χ0) is 12.7. The van der Waals surface area contributed by atoms with Gasteiger partial charge in [0.1, 0.15) is 0 Å².